The van der Waals surface area contributed by atoms with Gasteiger partial charge >= 0.3 is 5.69 Å². The Balaban J connectivity index is 1.41. The fraction of sp³-hybridized carbons (Fsp3) is 0.368. The van der Waals surface area contributed by atoms with Crippen LogP contribution in [0.5, 0.6) is 0 Å². The molecule has 0 radical (unpaired) electrons. The van der Waals surface area contributed by atoms with Crippen molar-refractivity contribution in [1.82, 2.24) is 19.9 Å². The first-order valence-corrected chi connectivity index (χ1v) is 9.44. The van der Waals surface area contributed by atoms with Gasteiger partial charge in [-0.2, -0.15) is 0 Å². The molecule has 4 rings (SSSR count). The van der Waals surface area contributed by atoms with Crippen LogP contribution < -0.4 is 21.5 Å². The third-order valence-corrected chi connectivity index (χ3v) is 4.92. The number of amides is 1. The maximum atomic E-state index is 12.5. The highest BCUT2D eigenvalue weighted by atomic mass is 16.5. The van der Waals surface area contributed by atoms with Crippen molar-refractivity contribution in [3.05, 3.63) is 50.3 Å². The molecule has 3 aromatic rings. The van der Waals surface area contributed by atoms with Crippen LogP contribution in [0.4, 0.5) is 11.6 Å². The monoisotopic (exact) mass is 398 g/mol. The van der Waals surface area contributed by atoms with Crippen molar-refractivity contribution < 1.29 is 9.53 Å². The van der Waals surface area contributed by atoms with Crippen LogP contribution in [0.15, 0.2) is 27.8 Å². The maximum absolute atomic E-state index is 12.5. The fourth-order valence-electron chi connectivity index (χ4n) is 3.39. The second-order valence-electron chi connectivity index (χ2n) is 6.94. The molecule has 29 heavy (non-hydrogen) atoms. The van der Waals surface area contributed by atoms with Gasteiger partial charge in [-0.15, -0.1) is 0 Å². The van der Waals surface area contributed by atoms with E-state index in [0.29, 0.717) is 60.2 Å². The highest BCUT2D eigenvalue weighted by molar-refractivity contribution is 5.93. The molecule has 2 aromatic heterocycles. The summed E-state index contributed by atoms with van der Waals surface area (Å²) in [7, 11) is 0. The number of hydrogen-bond acceptors (Lipinski definition) is 6. The predicted molar refractivity (Wildman–Crippen MR) is 108 cm³/mol. The zero-order valence-corrected chi connectivity index (χ0v) is 16.0. The van der Waals surface area contributed by atoms with E-state index in [2.05, 4.69) is 25.3 Å². The van der Waals surface area contributed by atoms with Crippen LogP contribution in [0, 0.1) is 6.92 Å². The molecule has 1 aliphatic rings. The van der Waals surface area contributed by atoms with Crippen molar-refractivity contribution in [1.29, 1.82) is 0 Å². The van der Waals surface area contributed by atoms with Crippen LogP contribution >= 0.6 is 0 Å². The van der Waals surface area contributed by atoms with Crippen molar-refractivity contribution in [2.24, 2.45) is 0 Å². The Morgan fingerprint density at radius 3 is 2.69 bits per heavy atom. The van der Waals surface area contributed by atoms with Gasteiger partial charge in [0.25, 0.3) is 5.56 Å². The number of aromatic nitrogens is 4. The van der Waals surface area contributed by atoms with Crippen LogP contribution in [-0.4, -0.2) is 52.1 Å². The van der Waals surface area contributed by atoms with Gasteiger partial charge in [0.1, 0.15) is 0 Å². The summed E-state index contributed by atoms with van der Waals surface area (Å²) in [5, 5.41) is 2.79. The van der Waals surface area contributed by atoms with Crippen molar-refractivity contribution >= 4 is 28.6 Å². The Morgan fingerprint density at radius 2 is 1.93 bits per heavy atom. The van der Waals surface area contributed by atoms with Gasteiger partial charge in [0, 0.05) is 36.5 Å². The second kappa shape index (κ2) is 7.92. The van der Waals surface area contributed by atoms with Gasteiger partial charge in [0.2, 0.25) is 11.9 Å². The third-order valence-electron chi connectivity index (χ3n) is 4.92. The molecule has 0 aliphatic carbocycles. The van der Waals surface area contributed by atoms with E-state index in [1.54, 1.807) is 25.1 Å². The summed E-state index contributed by atoms with van der Waals surface area (Å²) in [5.41, 5.74) is 2.45. The molecule has 1 amide bonds. The van der Waals surface area contributed by atoms with E-state index < -0.39 is 0 Å². The molecule has 3 heterocycles. The zero-order chi connectivity index (χ0) is 20.4. The first kappa shape index (κ1) is 18.9. The Bertz CT molecular complexity index is 1160. The molecule has 4 N–H and O–H groups in total. The van der Waals surface area contributed by atoms with Crippen molar-refractivity contribution in [2.45, 2.75) is 19.8 Å². The van der Waals surface area contributed by atoms with E-state index in [1.807, 2.05) is 4.90 Å². The number of nitrogens with zero attached hydrogens (tertiary/aromatic N) is 2. The molecule has 10 heteroatoms. The van der Waals surface area contributed by atoms with Gasteiger partial charge in [-0.1, -0.05) is 0 Å². The number of carbonyl (C=O) groups excluding carboxylic acids is 1. The van der Waals surface area contributed by atoms with E-state index in [9.17, 15) is 14.4 Å². The van der Waals surface area contributed by atoms with Crippen molar-refractivity contribution in [3.8, 4) is 0 Å². The number of H-pyrrole nitrogens is 3. The summed E-state index contributed by atoms with van der Waals surface area (Å²) in [6.07, 6.45) is 0.427. The fourth-order valence-corrected chi connectivity index (χ4v) is 3.39. The van der Waals surface area contributed by atoms with Crippen LogP contribution in [-0.2, 0) is 16.0 Å². The summed E-state index contributed by atoms with van der Waals surface area (Å²) < 4.78 is 5.32. The molecule has 0 atom stereocenters. The largest absolute Gasteiger partial charge is 0.378 e. The number of carbonyl (C=O) groups is 1. The van der Waals surface area contributed by atoms with Gasteiger partial charge in [-0.25, -0.2) is 9.78 Å². The number of aryl methyl sites for hydroxylation is 1. The molecule has 1 saturated heterocycles. The second-order valence-corrected chi connectivity index (χ2v) is 6.94. The number of aromatic amines is 3. The topological polar surface area (TPSA) is 136 Å². The van der Waals surface area contributed by atoms with Crippen molar-refractivity contribution in [2.75, 3.05) is 36.5 Å². The molecule has 0 unspecified atom stereocenters. The highest BCUT2D eigenvalue weighted by Gasteiger charge is 2.17. The minimum absolute atomic E-state index is 0.143. The Kier molecular flexibility index (Phi) is 5.17. The molecular weight excluding hydrogens is 376 g/mol. The van der Waals surface area contributed by atoms with Crippen LogP contribution in [0.1, 0.15) is 17.7 Å². The lowest BCUT2D eigenvalue weighted by molar-refractivity contribution is -0.116. The average molecular weight is 398 g/mol. The lowest BCUT2D eigenvalue weighted by Crippen LogP contribution is -2.38. The first-order chi connectivity index (χ1) is 14.0. The number of anilines is 2. The molecule has 0 saturated carbocycles. The van der Waals surface area contributed by atoms with Gasteiger partial charge in [0.15, 0.2) is 0 Å². The third kappa shape index (κ3) is 4.21. The number of morpholine rings is 1. The van der Waals surface area contributed by atoms with Gasteiger partial charge in [-0.3, -0.25) is 14.6 Å². The van der Waals surface area contributed by atoms with E-state index in [1.165, 1.54) is 0 Å². The highest BCUT2D eigenvalue weighted by Crippen LogP contribution is 2.15. The number of benzene rings is 1. The number of imidazole rings is 1. The van der Waals surface area contributed by atoms with E-state index >= 15 is 0 Å². The van der Waals surface area contributed by atoms with Crippen LogP contribution in [0.2, 0.25) is 0 Å². The van der Waals surface area contributed by atoms with Gasteiger partial charge in [0.05, 0.1) is 24.2 Å². The molecule has 0 spiro atoms. The lowest BCUT2D eigenvalue weighted by atomic mass is 10.1. The Labute approximate surface area is 165 Å². The molecule has 1 aromatic carbocycles. The van der Waals surface area contributed by atoms with Crippen LogP contribution in [0.3, 0.4) is 0 Å². The lowest BCUT2D eigenvalue weighted by Gasteiger charge is -2.27. The summed E-state index contributed by atoms with van der Waals surface area (Å²) in [6, 6.07) is 5.11. The average Bonchev–Trinajstić information content (AvgIpc) is 3.07. The molecule has 1 fully saturated rings. The number of ether oxygens (including phenoxy) is 1. The predicted octanol–water partition coefficient (Wildman–Crippen LogP) is 0.656. The number of nitrogens with one attached hydrogen (secondary N) is 4. The van der Waals surface area contributed by atoms with E-state index in [4.69, 9.17) is 4.74 Å². The molecule has 0 bridgehead atoms. The Hall–Kier alpha value is -3.40. The molecule has 10 nitrogen and oxygen atoms in total. The SMILES string of the molecule is Cc1nc(N2CCOCC2)[nH]c(=O)c1CCC(=O)Nc1ccc2[nH]c(=O)[nH]c2c1. The van der Waals surface area contributed by atoms with Crippen LogP contribution in [0.25, 0.3) is 11.0 Å². The molecule has 1 aliphatic heterocycles. The summed E-state index contributed by atoms with van der Waals surface area (Å²) in [6.45, 7) is 4.35. The zero-order valence-electron chi connectivity index (χ0n) is 16.0. The van der Waals surface area contributed by atoms with Crippen molar-refractivity contribution in [3.63, 3.8) is 0 Å². The Morgan fingerprint density at radius 1 is 1.17 bits per heavy atom. The maximum Gasteiger partial charge on any atom is 0.323 e. The first-order valence-electron chi connectivity index (χ1n) is 9.44. The van der Waals surface area contributed by atoms with Gasteiger partial charge in [-0.05, 0) is 31.5 Å². The van der Waals surface area contributed by atoms with Gasteiger partial charge < -0.3 is 24.9 Å². The number of rotatable bonds is 5. The smallest absolute Gasteiger partial charge is 0.323 e. The molecule has 152 valence electrons. The van der Waals surface area contributed by atoms with E-state index in [-0.39, 0.29) is 30.0 Å². The summed E-state index contributed by atoms with van der Waals surface area (Å²) >= 11 is 0. The minimum Gasteiger partial charge on any atom is -0.378 e. The number of hydrogen-bond donors (Lipinski definition) is 4. The van der Waals surface area contributed by atoms with E-state index in [0.717, 1.165) is 0 Å². The summed E-state index contributed by atoms with van der Waals surface area (Å²) in [5.74, 6) is 0.316. The normalized spacial score (nSPS) is 14.3. The standard InChI is InChI=1S/C19H22N6O4/c1-11-13(17(27)24-18(20-11)25-6-8-29-9-7-25)3-5-16(26)21-12-2-4-14-15(10-12)23-19(28)22-14/h2,4,10H,3,5-9H2,1H3,(H,21,26)(H,20,24,27)(H2,22,23,28). The quantitative estimate of drug-likeness (QED) is 0.498. The summed E-state index contributed by atoms with van der Waals surface area (Å²) in [4.78, 5) is 50.7. The minimum atomic E-state index is -0.300. The number of fused-ring (bicyclic) bond motifs is 1. The molecular formula is C19H22N6O4.